The second kappa shape index (κ2) is 5.58. The molecule has 0 saturated heterocycles. The third-order valence-corrected chi connectivity index (χ3v) is 5.30. The van der Waals surface area contributed by atoms with Crippen molar-refractivity contribution in [3.05, 3.63) is 59.8 Å². The van der Waals surface area contributed by atoms with E-state index < -0.39 is 10.0 Å². The van der Waals surface area contributed by atoms with Gasteiger partial charge in [-0.3, -0.25) is 4.98 Å². The van der Waals surface area contributed by atoms with Crippen molar-refractivity contribution in [3.63, 3.8) is 0 Å². The van der Waals surface area contributed by atoms with Crippen LogP contribution in [0.2, 0.25) is 0 Å². The molecule has 0 spiro atoms. The van der Waals surface area contributed by atoms with Crippen molar-refractivity contribution in [2.45, 2.75) is 24.2 Å². The number of nitrogens with one attached hydrogen (secondary N) is 1. The highest BCUT2D eigenvalue weighted by molar-refractivity contribution is 7.89. The summed E-state index contributed by atoms with van der Waals surface area (Å²) in [5, 5.41) is 9.68. The maximum atomic E-state index is 11.4. The van der Waals surface area contributed by atoms with E-state index >= 15 is 0 Å². The van der Waals surface area contributed by atoms with E-state index in [1.165, 1.54) is 17.7 Å². The van der Waals surface area contributed by atoms with E-state index in [0.717, 1.165) is 47.2 Å². The predicted octanol–water partition coefficient (Wildman–Crippen LogP) is 3.11. The quantitative estimate of drug-likeness (QED) is 0.768. The van der Waals surface area contributed by atoms with Gasteiger partial charge in [-0.1, -0.05) is 18.2 Å². The van der Waals surface area contributed by atoms with Gasteiger partial charge in [-0.2, -0.15) is 0 Å². The number of benzene rings is 2. The summed E-state index contributed by atoms with van der Waals surface area (Å²) in [5.74, 6) is 0. The lowest BCUT2D eigenvalue weighted by Gasteiger charge is -2.15. The zero-order valence-electron chi connectivity index (χ0n) is 13.0. The number of aromatic nitrogens is 1. The Balaban J connectivity index is 1.80. The van der Waals surface area contributed by atoms with Crippen LogP contribution in [0.4, 0.5) is 11.4 Å². The molecule has 122 valence electrons. The number of anilines is 2. The van der Waals surface area contributed by atoms with Crippen LogP contribution in [0.25, 0.3) is 10.9 Å². The molecule has 1 aliphatic rings. The molecule has 24 heavy (non-hydrogen) atoms. The van der Waals surface area contributed by atoms with Crippen LogP contribution in [0.1, 0.15) is 17.7 Å². The molecule has 0 amide bonds. The highest BCUT2D eigenvalue weighted by Crippen LogP contribution is 2.35. The minimum absolute atomic E-state index is 0.109. The number of pyridine rings is 1. The molecule has 0 unspecified atom stereocenters. The van der Waals surface area contributed by atoms with Crippen molar-refractivity contribution in [2.24, 2.45) is 5.14 Å². The molecule has 2 aromatic carbocycles. The van der Waals surface area contributed by atoms with Crippen molar-refractivity contribution in [1.29, 1.82) is 0 Å². The Morgan fingerprint density at radius 3 is 2.50 bits per heavy atom. The number of rotatable bonds is 3. The van der Waals surface area contributed by atoms with Gasteiger partial charge < -0.3 is 5.32 Å². The van der Waals surface area contributed by atoms with Gasteiger partial charge in [0, 0.05) is 16.8 Å². The molecule has 3 aromatic rings. The predicted molar refractivity (Wildman–Crippen MR) is 94.9 cm³/mol. The van der Waals surface area contributed by atoms with Crippen LogP contribution < -0.4 is 10.5 Å². The Hall–Kier alpha value is -2.44. The van der Waals surface area contributed by atoms with Crippen molar-refractivity contribution in [1.82, 2.24) is 4.98 Å². The van der Waals surface area contributed by atoms with Gasteiger partial charge in [-0.05, 0) is 55.2 Å². The summed E-state index contributed by atoms with van der Waals surface area (Å²) in [4.78, 5) is 4.88. The fraction of sp³-hybridized carbons (Fsp3) is 0.167. The first-order chi connectivity index (χ1) is 11.5. The highest BCUT2D eigenvalue weighted by Gasteiger charge is 2.19. The summed E-state index contributed by atoms with van der Waals surface area (Å²) in [6.45, 7) is 0. The van der Waals surface area contributed by atoms with Crippen LogP contribution in [0.5, 0.6) is 0 Å². The molecule has 3 N–H and O–H groups in total. The van der Waals surface area contributed by atoms with Crippen LogP contribution in [0.15, 0.2) is 53.4 Å². The lowest BCUT2D eigenvalue weighted by Crippen LogP contribution is -2.11. The third-order valence-electron chi connectivity index (χ3n) is 4.37. The molecule has 0 fully saturated rings. The molecular formula is C18H17N3O2S. The molecule has 6 heteroatoms. The summed E-state index contributed by atoms with van der Waals surface area (Å²) >= 11 is 0. The lowest BCUT2D eigenvalue weighted by atomic mass is 10.1. The van der Waals surface area contributed by atoms with E-state index in [1.807, 2.05) is 18.2 Å². The van der Waals surface area contributed by atoms with E-state index in [9.17, 15) is 8.42 Å². The van der Waals surface area contributed by atoms with Gasteiger partial charge in [0.05, 0.1) is 16.1 Å². The van der Waals surface area contributed by atoms with E-state index in [4.69, 9.17) is 10.1 Å². The van der Waals surface area contributed by atoms with E-state index in [0.29, 0.717) is 0 Å². The van der Waals surface area contributed by atoms with Gasteiger partial charge in [-0.15, -0.1) is 0 Å². The molecule has 4 rings (SSSR count). The molecule has 1 aliphatic carbocycles. The van der Waals surface area contributed by atoms with Gasteiger partial charge in [0.25, 0.3) is 0 Å². The number of hydrogen-bond donors (Lipinski definition) is 2. The van der Waals surface area contributed by atoms with E-state index in [1.54, 1.807) is 12.1 Å². The lowest BCUT2D eigenvalue weighted by molar-refractivity contribution is 0.598. The zero-order chi connectivity index (χ0) is 16.7. The topological polar surface area (TPSA) is 85.1 Å². The SMILES string of the molecule is NS(=O)(=O)c1ccc(Nc2c3c(nc4ccccc24)CCC3)cc1. The molecule has 0 atom stereocenters. The van der Waals surface area contributed by atoms with Gasteiger partial charge in [0.2, 0.25) is 10.0 Å². The number of nitrogens with zero attached hydrogens (tertiary/aromatic N) is 1. The Bertz CT molecular complexity index is 1030. The van der Waals surface area contributed by atoms with Gasteiger partial charge in [-0.25, -0.2) is 13.6 Å². The number of aryl methyl sites for hydroxylation is 1. The summed E-state index contributed by atoms with van der Waals surface area (Å²) in [6.07, 6.45) is 3.11. The Labute approximate surface area is 140 Å². The fourth-order valence-electron chi connectivity index (χ4n) is 3.23. The zero-order valence-corrected chi connectivity index (χ0v) is 13.8. The molecular weight excluding hydrogens is 322 g/mol. The Morgan fingerprint density at radius 1 is 1.00 bits per heavy atom. The Kier molecular flexibility index (Phi) is 3.51. The van der Waals surface area contributed by atoms with Crippen molar-refractivity contribution >= 4 is 32.3 Å². The van der Waals surface area contributed by atoms with Crippen LogP contribution in [0, 0.1) is 0 Å². The highest BCUT2D eigenvalue weighted by atomic mass is 32.2. The minimum atomic E-state index is -3.67. The maximum Gasteiger partial charge on any atom is 0.238 e. The number of fused-ring (bicyclic) bond motifs is 2. The molecule has 0 radical (unpaired) electrons. The molecule has 0 saturated carbocycles. The molecule has 1 heterocycles. The average molecular weight is 339 g/mol. The average Bonchev–Trinajstić information content (AvgIpc) is 3.02. The smallest absolute Gasteiger partial charge is 0.238 e. The van der Waals surface area contributed by atoms with Crippen molar-refractivity contribution in [2.75, 3.05) is 5.32 Å². The number of hydrogen-bond acceptors (Lipinski definition) is 4. The van der Waals surface area contributed by atoms with Crippen LogP contribution in [-0.2, 0) is 22.9 Å². The molecule has 1 aromatic heterocycles. The fourth-order valence-corrected chi connectivity index (χ4v) is 3.74. The number of sulfonamides is 1. The standard InChI is InChI=1S/C18H17N3O2S/c19-24(22,23)13-10-8-12(9-11-13)20-18-14-4-1-2-6-16(14)21-17-7-3-5-15(17)18/h1-2,4,6,8-11H,3,5,7H2,(H,20,21)(H2,19,22,23). The summed E-state index contributed by atoms with van der Waals surface area (Å²) in [7, 11) is -3.67. The first-order valence-corrected chi connectivity index (χ1v) is 9.37. The second-order valence-corrected chi connectivity index (χ2v) is 7.54. The first-order valence-electron chi connectivity index (χ1n) is 7.83. The van der Waals surface area contributed by atoms with E-state index in [-0.39, 0.29) is 4.90 Å². The van der Waals surface area contributed by atoms with Gasteiger partial charge in [0.15, 0.2) is 0 Å². The monoisotopic (exact) mass is 339 g/mol. The second-order valence-electron chi connectivity index (χ2n) is 5.98. The van der Waals surface area contributed by atoms with Crippen LogP contribution in [0.3, 0.4) is 0 Å². The molecule has 0 aliphatic heterocycles. The molecule has 0 bridgehead atoms. The number of primary sulfonamides is 1. The normalized spacial score (nSPS) is 13.9. The first kappa shape index (κ1) is 15.1. The van der Waals surface area contributed by atoms with Crippen LogP contribution >= 0.6 is 0 Å². The van der Waals surface area contributed by atoms with Gasteiger partial charge in [0.1, 0.15) is 0 Å². The van der Waals surface area contributed by atoms with Gasteiger partial charge >= 0.3 is 0 Å². The summed E-state index contributed by atoms with van der Waals surface area (Å²) < 4.78 is 22.8. The third kappa shape index (κ3) is 2.64. The maximum absolute atomic E-state index is 11.4. The summed E-state index contributed by atoms with van der Waals surface area (Å²) in [5.41, 5.74) is 5.27. The largest absolute Gasteiger partial charge is 0.355 e. The Morgan fingerprint density at radius 2 is 1.75 bits per heavy atom. The molecule has 5 nitrogen and oxygen atoms in total. The van der Waals surface area contributed by atoms with Crippen molar-refractivity contribution < 1.29 is 8.42 Å². The van der Waals surface area contributed by atoms with Crippen molar-refractivity contribution in [3.8, 4) is 0 Å². The number of para-hydroxylation sites is 1. The van der Waals surface area contributed by atoms with E-state index in [2.05, 4.69) is 11.4 Å². The summed E-state index contributed by atoms with van der Waals surface area (Å²) in [6, 6.07) is 14.6. The number of nitrogens with two attached hydrogens (primary N) is 1. The van der Waals surface area contributed by atoms with Crippen LogP contribution in [-0.4, -0.2) is 13.4 Å². The minimum Gasteiger partial charge on any atom is -0.355 e.